The van der Waals surface area contributed by atoms with E-state index in [1.54, 1.807) is 6.20 Å². The molecule has 2 aliphatic rings. The Labute approximate surface area is 113 Å². The highest BCUT2D eigenvalue weighted by Gasteiger charge is 2.36. The first-order valence-corrected chi connectivity index (χ1v) is 7.19. The number of amides is 1. The van der Waals surface area contributed by atoms with Gasteiger partial charge in [-0.05, 0) is 39.0 Å². The summed E-state index contributed by atoms with van der Waals surface area (Å²) in [6.07, 6.45) is 8.00. The minimum atomic E-state index is -0.683. The van der Waals surface area contributed by atoms with E-state index in [4.69, 9.17) is 4.74 Å². The van der Waals surface area contributed by atoms with Gasteiger partial charge < -0.3 is 14.6 Å². The smallest absolute Gasteiger partial charge is 0.257 e. The second kappa shape index (κ2) is 4.96. The van der Waals surface area contributed by atoms with E-state index in [0.717, 1.165) is 50.3 Å². The molecule has 0 aromatic carbocycles. The van der Waals surface area contributed by atoms with Crippen LogP contribution < -0.4 is 5.32 Å². The molecule has 0 saturated carbocycles. The van der Waals surface area contributed by atoms with Crippen molar-refractivity contribution >= 4 is 11.7 Å². The topological polar surface area (TPSA) is 56.2 Å². The van der Waals surface area contributed by atoms with Crippen molar-refractivity contribution in [3.8, 4) is 0 Å². The van der Waals surface area contributed by atoms with Crippen molar-refractivity contribution < 1.29 is 9.53 Å². The summed E-state index contributed by atoms with van der Waals surface area (Å²) in [4.78, 5) is 16.8. The second-order valence-corrected chi connectivity index (χ2v) is 5.66. The van der Waals surface area contributed by atoms with E-state index < -0.39 is 5.60 Å². The van der Waals surface area contributed by atoms with Crippen molar-refractivity contribution in [1.29, 1.82) is 0 Å². The fraction of sp³-hybridized carbons (Fsp3) is 0.714. The Morgan fingerprint density at radius 2 is 2.32 bits per heavy atom. The third-order valence-electron chi connectivity index (χ3n) is 4.16. The molecule has 1 aromatic heterocycles. The summed E-state index contributed by atoms with van der Waals surface area (Å²) in [7, 11) is 0. The summed E-state index contributed by atoms with van der Waals surface area (Å²) in [5, 5.41) is 3.00. The molecule has 0 aliphatic carbocycles. The highest BCUT2D eigenvalue weighted by Crippen LogP contribution is 2.27. The number of hydrogen-bond acceptors (Lipinski definition) is 3. The highest BCUT2D eigenvalue weighted by molar-refractivity contribution is 5.96. The number of carbonyl (C=O) groups excluding carboxylic acids is 1. The van der Waals surface area contributed by atoms with Gasteiger partial charge in [-0.25, -0.2) is 4.98 Å². The molecule has 3 rings (SSSR count). The van der Waals surface area contributed by atoms with Crippen LogP contribution in [0.15, 0.2) is 6.20 Å². The number of nitrogens with one attached hydrogen (secondary N) is 1. The first-order valence-electron chi connectivity index (χ1n) is 7.19. The van der Waals surface area contributed by atoms with Crippen LogP contribution in [0.1, 0.15) is 44.9 Å². The van der Waals surface area contributed by atoms with Crippen molar-refractivity contribution in [2.75, 3.05) is 11.9 Å². The molecule has 2 aliphatic heterocycles. The lowest BCUT2D eigenvalue weighted by atomic mass is 9.95. The average molecular weight is 263 g/mol. The van der Waals surface area contributed by atoms with Gasteiger partial charge in [0.05, 0.1) is 6.20 Å². The quantitative estimate of drug-likeness (QED) is 0.889. The lowest BCUT2D eigenvalue weighted by molar-refractivity contribution is -0.144. The standard InChI is InChI=1S/C14H21N3O2/c1-14(7-3-5-9-19-14)13(18)16-12-10-15-11-6-2-4-8-17(11)12/h10H,2-9H2,1H3,(H,16,18). The monoisotopic (exact) mass is 263 g/mol. The van der Waals surface area contributed by atoms with E-state index >= 15 is 0 Å². The molecule has 5 heteroatoms. The van der Waals surface area contributed by atoms with Crippen LogP contribution >= 0.6 is 0 Å². The normalized spacial score (nSPS) is 26.8. The molecule has 0 spiro atoms. The maximum atomic E-state index is 12.4. The van der Waals surface area contributed by atoms with Crippen LogP contribution in [0, 0.1) is 0 Å². The molecule has 104 valence electrons. The summed E-state index contributed by atoms with van der Waals surface area (Å²) < 4.78 is 7.80. The minimum absolute atomic E-state index is 0.0412. The van der Waals surface area contributed by atoms with E-state index in [1.165, 1.54) is 6.42 Å². The predicted molar refractivity (Wildman–Crippen MR) is 72.0 cm³/mol. The van der Waals surface area contributed by atoms with Crippen molar-refractivity contribution in [2.45, 2.75) is 57.6 Å². The third kappa shape index (κ3) is 2.39. The number of carbonyl (C=O) groups is 1. The molecule has 0 bridgehead atoms. The number of nitrogens with zero attached hydrogens (tertiary/aromatic N) is 2. The molecule has 1 unspecified atom stereocenters. The van der Waals surface area contributed by atoms with Gasteiger partial charge in [0.2, 0.25) is 0 Å². The van der Waals surface area contributed by atoms with Crippen molar-refractivity contribution in [3.63, 3.8) is 0 Å². The lowest BCUT2D eigenvalue weighted by Crippen LogP contribution is -2.45. The van der Waals surface area contributed by atoms with Crippen LogP contribution in [-0.4, -0.2) is 27.7 Å². The minimum Gasteiger partial charge on any atom is -0.365 e. The van der Waals surface area contributed by atoms with Gasteiger partial charge in [0.1, 0.15) is 17.2 Å². The second-order valence-electron chi connectivity index (χ2n) is 5.66. The fourth-order valence-corrected chi connectivity index (χ4v) is 2.88. The number of hydrogen-bond donors (Lipinski definition) is 1. The Hall–Kier alpha value is -1.36. The van der Waals surface area contributed by atoms with E-state index in [1.807, 2.05) is 6.92 Å². The van der Waals surface area contributed by atoms with Crippen LogP contribution in [0.2, 0.25) is 0 Å². The van der Waals surface area contributed by atoms with E-state index in [-0.39, 0.29) is 5.91 Å². The van der Waals surface area contributed by atoms with Crippen LogP contribution in [0.25, 0.3) is 0 Å². The van der Waals surface area contributed by atoms with Crippen molar-refractivity contribution in [2.24, 2.45) is 0 Å². The van der Waals surface area contributed by atoms with E-state index in [2.05, 4.69) is 14.9 Å². The molecular weight excluding hydrogens is 242 g/mol. The average Bonchev–Trinajstić information content (AvgIpc) is 2.83. The van der Waals surface area contributed by atoms with Gasteiger partial charge >= 0.3 is 0 Å². The van der Waals surface area contributed by atoms with Gasteiger partial charge in [0, 0.05) is 19.6 Å². The Balaban J connectivity index is 1.74. The van der Waals surface area contributed by atoms with Crippen molar-refractivity contribution in [1.82, 2.24) is 9.55 Å². The lowest BCUT2D eigenvalue weighted by Gasteiger charge is -2.32. The maximum Gasteiger partial charge on any atom is 0.257 e. The summed E-state index contributed by atoms with van der Waals surface area (Å²) in [6, 6.07) is 0. The molecule has 1 atom stereocenters. The number of imidazole rings is 1. The Kier molecular flexibility index (Phi) is 3.31. The van der Waals surface area contributed by atoms with Gasteiger partial charge in [0.15, 0.2) is 0 Å². The number of ether oxygens (including phenoxy) is 1. The molecule has 1 saturated heterocycles. The van der Waals surface area contributed by atoms with Crippen LogP contribution in [-0.2, 0) is 22.5 Å². The molecule has 1 aromatic rings. The molecule has 1 fully saturated rings. The molecule has 19 heavy (non-hydrogen) atoms. The number of anilines is 1. The van der Waals surface area contributed by atoms with Gasteiger partial charge in [-0.1, -0.05) is 0 Å². The van der Waals surface area contributed by atoms with Crippen molar-refractivity contribution in [3.05, 3.63) is 12.0 Å². The largest absolute Gasteiger partial charge is 0.365 e. The molecule has 0 radical (unpaired) electrons. The maximum absolute atomic E-state index is 12.4. The zero-order valence-electron chi connectivity index (χ0n) is 11.4. The van der Waals surface area contributed by atoms with Crippen LogP contribution in [0.3, 0.4) is 0 Å². The molecular formula is C14H21N3O2. The highest BCUT2D eigenvalue weighted by atomic mass is 16.5. The van der Waals surface area contributed by atoms with Gasteiger partial charge in [-0.3, -0.25) is 4.79 Å². The first-order chi connectivity index (χ1) is 9.19. The van der Waals surface area contributed by atoms with E-state index in [0.29, 0.717) is 6.61 Å². The molecule has 1 N–H and O–H groups in total. The molecule has 1 amide bonds. The number of aromatic nitrogens is 2. The predicted octanol–water partition coefficient (Wildman–Crippen LogP) is 2.12. The number of rotatable bonds is 2. The summed E-state index contributed by atoms with van der Waals surface area (Å²) in [5.41, 5.74) is -0.683. The van der Waals surface area contributed by atoms with Gasteiger partial charge in [-0.2, -0.15) is 0 Å². The SMILES string of the molecule is CC1(C(=O)Nc2cnc3n2CCCC3)CCCCO1. The summed E-state index contributed by atoms with van der Waals surface area (Å²) in [5.74, 6) is 1.85. The number of aryl methyl sites for hydroxylation is 1. The van der Waals surface area contributed by atoms with Crippen LogP contribution in [0.5, 0.6) is 0 Å². The van der Waals surface area contributed by atoms with E-state index in [9.17, 15) is 4.79 Å². The zero-order valence-corrected chi connectivity index (χ0v) is 11.4. The Morgan fingerprint density at radius 3 is 3.11 bits per heavy atom. The van der Waals surface area contributed by atoms with Crippen LogP contribution in [0.4, 0.5) is 5.82 Å². The first kappa shape index (κ1) is 12.7. The summed E-state index contributed by atoms with van der Waals surface area (Å²) in [6.45, 7) is 3.51. The third-order valence-corrected chi connectivity index (χ3v) is 4.16. The Morgan fingerprint density at radius 1 is 1.42 bits per heavy atom. The number of fused-ring (bicyclic) bond motifs is 1. The molecule has 3 heterocycles. The molecule has 5 nitrogen and oxygen atoms in total. The fourth-order valence-electron chi connectivity index (χ4n) is 2.88. The zero-order chi connectivity index (χ0) is 13.3. The van der Waals surface area contributed by atoms with Gasteiger partial charge in [0.25, 0.3) is 5.91 Å². The van der Waals surface area contributed by atoms with Gasteiger partial charge in [-0.15, -0.1) is 0 Å². The summed E-state index contributed by atoms with van der Waals surface area (Å²) >= 11 is 0. The Bertz CT molecular complexity index is 475.